The Morgan fingerprint density at radius 2 is 1.78 bits per heavy atom. The molecule has 2 saturated carbocycles. The maximum atomic E-state index is 10.0. The third kappa shape index (κ3) is 5.28. The van der Waals surface area contributed by atoms with Gasteiger partial charge in [0, 0.05) is 6.10 Å². The zero-order chi connectivity index (χ0) is 20.7. The van der Waals surface area contributed by atoms with Crippen molar-refractivity contribution in [3.63, 3.8) is 0 Å². The summed E-state index contributed by atoms with van der Waals surface area (Å²) in [4.78, 5) is 0. The molecule has 3 heteroatoms. The van der Waals surface area contributed by atoms with E-state index in [1.807, 2.05) is 13.8 Å². The van der Waals surface area contributed by atoms with E-state index >= 15 is 0 Å². The highest BCUT2D eigenvalue weighted by Crippen LogP contribution is 2.59. The Kier molecular flexibility index (Phi) is 6.82. The van der Waals surface area contributed by atoms with Gasteiger partial charge in [0.05, 0.1) is 5.60 Å². The van der Waals surface area contributed by atoms with Crippen molar-refractivity contribution in [2.24, 2.45) is 17.3 Å². The van der Waals surface area contributed by atoms with Gasteiger partial charge in [-0.3, -0.25) is 0 Å². The van der Waals surface area contributed by atoms with Crippen molar-refractivity contribution < 1.29 is 9.53 Å². The molecule has 0 aromatic carbocycles. The summed E-state index contributed by atoms with van der Waals surface area (Å²) in [5.41, 5.74) is 1.23. The summed E-state index contributed by atoms with van der Waals surface area (Å²) in [5, 5.41) is 10.3. The summed E-state index contributed by atoms with van der Waals surface area (Å²) in [6.45, 7) is 22.7. The van der Waals surface area contributed by atoms with Gasteiger partial charge in [-0.25, -0.2) is 0 Å². The predicted octanol–water partition coefficient (Wildman–Crippen LogP) is 7.09. The zero-order valence-electron chi connectivity index (χ0n) is 19.5. The van der Waals surface area contributed by atoms with Crippen LogP contribution in [0, 0.1) is 17.3 Å². The number of aliphatic hydroxyl groups is 1. The highest BCUT2D eigenvalue weighted by Gasteiger charge is 2.53. The molecule has 0 amide bonds. The fraction of sp³-hybridized carbons (Fsp3) is 0.917. The molecule has 0 aliphatic heterocycles. The first-order valence-corrected chi connectivity index (χ1v) is 14.2. The molecule has 0 heterocycles. The van der Waals surface area contributed by atoms with Crippen LogP contribution in [0.4, 0.5) is 0 Å². The van der Waals surface area contributed by atoms with Crippen LogP contribution >= 0.6 is 0 Å². The Hall–Kier alpha value is -0.123. The third-order valence-electron chi connectivity index (χ3n) is 8.09. The zero-order valence-corrected chi connectivity index (χ0v) is 20.5. The molecule has 27 heavy (non-hydrogen) atoms. The van der Waals surface area contributed by atoms with E-state index in [9.17, 15) is 5.11 Å². The highest BCUT2D eigenvalue weighted by atomic mass is 28.4. The Morgan fingerprint density at radius 3 is 2.33 bits per heavy atom. The van der Waals surface area contributed by atoms with Crippen molar-refractivity contribution >= 4 is 8.32 Å². The van der Waals surface area contributed by atoms with Gasteiger partial charge in [-0.15, -0.1) is 0 Å². The normalized spacial score (nSPS) is 32.4. The van der Waals surface area contributed by atoms with Crippen molar-refractivity contribution in [3.8, 4) is 0 Å². The van der Waals surface area contributed by atoms with Gasteiger partial charge in [-0.05, 0) is 94.2 Å². The van der Waals surface area contributed by atoms with Crippen LogP contribution in [0.25, 0.3) is 0 Å². The van der Waals surface area contributed by atoms with Gasteiger partial charge in [0.2, 0.25) is 0 Å². The number of rotatable bonds is 7. The Labute approximate surface area is 170 Å². The molecular weight excluding hydrogens is 348 g/mol. The predicted molar refractivity (Wildman–Crippen MR) is 120 cm³/mol. The monoisotopic (exact) mass is 394 g/mol. The maximum Gasteiger partial charge on any atom is 0.192 e. The Morgan fingerprint density at radius 1 is 1.15 bits per heavy atom. The third-order valence-corrected chi connectivity index (χ3v) is 12.6. The first-order valence-electron chi connectivity index (χ1n) is 11.3. The van der Waals surface area contributed by atoms with Crippen molar-refractivity contribution in [1.29, 1.82) is 0 Å². The van der Waals surface area contributed by atoms with E-state index in [-0.39, 0.29) is 5.04 Å². The first-order chi connectivity index (χ1) is 12.2. The summed E-state index contributed by atoms with van der Waals surface area (Å²) in [5.74, 6) is 1.33. The van der Waals surface area contributed by atoms with Crippen LogP contribution in [0.1, 0.15) is 92.9 Å². The SMILES string of the molecule is C=C(CCCC(C)(C)O)[C@H]1CC[C@H]2[C@@H](O[Si](C)(C)C(C)(C)C)CCC[C@]12C. The van der Waals surface area contributed by atoms with E-state index in [2.05, 4.69) is 47.4 Å². The van der Waals surface area contributed by atoms with Crippen molar-refractivity contribution in [2.75, 3.05) is 0 Å². The van der Waals surface area contributed by atoms with Crippen molar-refractivity contribution in [2.45, 2.75) is 123 Å². The molecular formula is C24H46O2Si. The van der Waals surface area contributed by atoms with Gasteiger partial charge in [0.15, 0.2) is 8.32 Å². The van der Waals surface area contributed by atoms with Crippen molar-refractivity contribution in [1.82, 2.24) is 0 Å². The fourth-order valence-corrected chi connectivity index (χ4v) is 6.80. The highest BCUT2D eigenvalue weighted by molar-refractivity contribution is 6.74. The van der Waals surface area contributed by atoms with E-state index in [0.717, 1.165) is 19.3 Å². The molecule has 4 atom stereocenters. The van der Waals surface area contributed by atoms with Crippen LogP contribution < -0.4 is 0 Å². The lowest BCUT2D eigenvalue weighted by Gasteiger charge is -2.49. The largest absolute Gasteiger partial charge is 0.414 e. The minimum absolute atomic E-state index is 0.277. The molecule has 2 aliphatic carbocycles. The first kappa shape index (κ1) is 23.2. The van der Waals surface area contributed by atoms with Gasteiger partial charge in [0.25, 0.3) is 0 Å². The lowest BCUT2D eigenvalue weighted by molar-refractivity contribution is -0.00398. The molecule has 0 aromatic rings. The van der Waals surface area contributed by atoms with Crippen LogP contribution in [0.3, 0.4) is 0 Å². The summed E-state index contributed by atoms with van der Waals surface area (Å²) < 4.78 is 6.95. The molecule has 2 nitrogen and oxygen atoms in total. The van der Waals surface area contributed by atoms with Gasteiger partial charge in [-0.2, -0.15) is 0 Å². The van der Waals surface area contributed by atoms with Crippen LogP contribution in [0.2, 0.25) is 18.1 Å². The molecule has 158 valence electrons. The van der Waals surface area contributed by atoms with E-state index in [1.54, 1.807) is 0 Å². The van der Waals surface area contributed by atoms with Gasteiger partial charge < -0.3 is 9.53 Å². The quantitative estimate of drug-likeness (QED) is 0.369. The van der Waals surface area contributed by atoms with Crippen LogP contribution in [-0.2, 0) is 4.43 Å². The molecule has 0 radical (unpaired) electrons. The summed E-state index contributed by atoms with van der Waals surface area (Å²) >= 11 is 0. The van der Waals surface area contributed by atoms with E-state index < -0.39 is 13.9 Å². The lowest BCUT2D eigenvalue weighted by atomic mass is 9.62. The van der Waals surface area contributed by atoms with Gasteiger partial charge in [-0.1, -0.05) is 46.3 Å². The van der Waals surface area contributed by atoms with E-state index in [4.69, 9.17) is 4.43 Å². The summed E-state index contributed by atoms with van der Waals surface area (Å²) in [7, 11) is -1.73. The van der Waals surface area contributed by atoms with Gasteiger partial charge in [0.1, 0.15) is 0 Å². The minimum atomic E-state index is -1.73. The van der Waals surface area contributed by atoms with Crippen LogP contribution in [0.5, 0.6) is 0 Å². The standard InChI is InChI=1S/C24H46O2Si/c1-18(12-10-16-23(5,6)25)19-14-15-20-21(13-11-17-24(19,20)7)26-27(8,9)22(2,3)4/h19-21,25H,1,10-17H2,2-9H3/t19-,20+,21+,24-/m1/s1. The number of hydrogen-bond acceptors (Lipinski definition) is 2. The van der Waals surface area contributed by atoms with E-state index in [0.29, 0.717) is 23.4 Å². The fourth-order valence-electron chi connectivity index (χ4n) is 5.41. The number of hydrogen-bond donors (Lipinski definition) is 1. The molecule has 2 aliphatic rings. The van der Waals surface area contributed by atoms with E-state index in [1.165, 1.54) is 37.7 Å². The number of allylic oxidation sites excluding steroid dienone is 1. The second-order valence-corrected chi connectivity index (χ2v) is 16.6. The Balaban J connectivity index is 2.05. The average Bonchev–Trinajstić information content (AvgIpc) is 2.82. The van der Waals surface area contributed by atoms with Crippen molar-refractivity contribution in [3.05, 3.63) is 12.2 Å². The molecule has 2 fully saturated rings. The summed E-state index contributed by atoms with van der Waals surface area (Å²) in [6, 6.07) is 0. The molecule has 0 spiro atoms. The topological polar surface area (TPSA) is 29.5 Å². The maximum absolute atomic E-state index is 10.0. The molecule has 0 saturated heterocycles. The van der Waals surface area contributed by atoms with Crippen LogP contribution in [0.15, 0.2) is 12.2 Å². The molecule has 0 unspecified atom stereocenters. The van der Waals surface area contributed by atoms with Crippen LogP contribution in [-0.4, -0.2) is 25.1 Å². The minimum Gasteiger partial charge on any atom is -0.414 e. The smallest absolute Gasteiger partial charge is 0.192 e. The average molecular weight is 395 g/mol. The summed E-state index contributed by atoms with van der Waals surface area (Å²) in [6.07, 6.45) is 9.84. The molecule has 2 rings (SSSR count). The lowest BCUT2D eigenvalue weighted by Crippen LogP contribution is -2.49. The number of fused-ring (bicyclic) bond motifs is 1. The Bertz CT molecular complexity index is 525. The molecule has 1 N–H and O–H groups in total. The molecule has 0 bridgehead atoms. The molecule has 0 aromatic heterocycles. The second-order valence-electron chi connectivity index (χ2n) is 11.9. The second kappa shape index (κ2) is 7.95. The van der Waals surface area contributed by atoms with Gasteiger partial charge >= 0.3 is 0 Å².